The maximum absolute atomic E-state index is 10.2. The van der Waals surface area contributed by atoms with Crippen molar-refractivity contribution in [3.8, 4) is 0 Å². The van der Waals surface area contributed by atoms with E-state index in [-0.39, 0.29) is 17.5 Å². The maximum Gasteiger partial charge on any atom is 0.232 e. The minimum Gasteiger partial charge on any atom is -0.395 e. The fraction of sp³-hybridized carbons (Fsp3) is 0.650. The first-order chi connectivity index (χ1) is 14.6. The highest BCUT2D eigenvalue weighted by Gasteiger charge is 2.28. The summed E-state index contributed by atoms with van der Waals surface area (Å²) < 4.78 is 0. The highest BCUT2D eigenvalue weighted by molar-refractivity contribution is 6.03. The Morgan fingerprint density at radius 1 is 0.871 bits per heavy atom. The second-order valence-corrected chi connectivity index (χ2v) is 7.99. The summed E-state index contributed by atoms with van der Waals surface area (Å²) >= 11 is 0. The molecule has 0 radical (unpaired) electrons. The van der Waals surface area contributed by atoms with Gasteiger partial charge in [0.25, 0.3) is 0 Å². The predicted molar refractivity (Wildman–Crippen MR) is 119 cm³/mol. The third kappa shape index (κ3) is 4.59. The van der Waals surface area contributed by atoms with Crippen LogP contribution >= 0.6 is 0 Å². The number of rotatable bonds is 7. The summed E-state index contributed by atoms with van der Waals surface area (Å²) in [5.41, 5.74) is 7.19. The number of hydrogen-bond acceptors (Lipinski definition) is 11. The van der Waals surface area contributed by atoms with Crippen LogP contribution < -0.4 is 20.4 Å². The van der Waals surface area contributed by atoms with Gasteiger partial charge < -0.3 is 36.0 Å². The molecule has 0 saturated carbocycles. The summed E-state index contributed by atoms with van der Waals surface area (Å²) in [6, 6.07) is 0. The SMILES string of the molecule is CC(O)N(c1nc(N2CCCCC2)c2c(N)c(N(C(C)O)C(C)O)ncc2n1)C(C)O. The second kappa shape index (κ2) is 9.35. The standard InChI is InChI=1S/C20H33N7O4/c1-11(28)26(12(2)29)19-17(21)16-15(10-22-19)23-20(27(13(3)30)14(4)31)24-18(16)25-8-6-5-7-9-25/h10-14,28-31H,5-9,21H2,1-4H3. The van der Waals surface area contributed by atoms with E-state index in [2.05, 4.69) is 19.9 Å². The number of hydrogen-bond donors (Lipinski definition) is 5. The number of pyridine rings is 1. The van der Waals surface area contributed by atoms with Crippen molar-refractivity contribution in [1.82, 2.24) is 15.0 Å². The largest absolute Gasteiger partial charge is 0.395 e. The number of aliphatic hydroxyl groups is 4. The lowest BCUT2D eigenvalue weighted by atomic mass is 10.1. The molecule has 0 amide bonds. The Bertz CT molecular complexity index is 885. The molecule has 2 aromatic rings. The zero-order chi connectivity index (χ0) is 22.9. The van der Waals surface area contributed by atoms with Gasteiger partial charge in [0.15, 0.2) is 5.82 Å². The molecule has 4 unspecified atom stereocenters. The molecule has 1 fully saturated rings. The average molecular weight is 436 g/mol. The number of aromatic nitrogens is 3. The number of fused-ring (bicyclic) bond motifs is 1. The molecule has 2 aromatic heterocycles. The van der Waals surface area contributed by atoms with Crippen molar-refractivity contribution in [2.45, 2.75) is 71.9 Å². The summed E-state index contributed by atoms with van der Waals surface area (Å²) in [7, 11) is 0. The van der Waals surface area contributed by atoms with E-state index in [0.29, 0.717) is 16.7 Å². The van der Waals surface area contributed by atoms with Gasteiger partial charge in [-0.2, -0.15) is 4.98 Å². The van der Waals surface area contributed by atoms with E-state index in [1.807, 2.05) is 0 Å². The van der Waals surface area contributed by atoms with Crippen LogP contribution in [0.1, 0.15) is 47.0 Å². The Kier molecular flexibility index (Phi) is 6.99. The molecule has 1 saturated heterocycles. The number of nitrogens with zero attached hydrogens (tertiary/aromatic N) is 6. The zero-order valence-electron chi connectivity index (χ0n) is 18.5. The molecule has 0 spiro atoms. The number of aliphatic hydroxyl groups excluding tert-OH is 4. The van der Waals surface area contributed by atoms with Gasteiger partial charge in [-0.25, -0.2) is 9.97 Å². The third-order valence-corrected chi connectivity index (χ3v) is 5.47. The lowest BCUT2D eigenvalue weighted by Crippen LogP contribution is -2.42. The van der Waals surface area contributed by atoms with E-state index in [1.54, 1.807) is 0 Å². The van der Waals surface area contributed by atoms with E-state index in [1.165, 1.54) is 43.7 Å². The molecular weight excluding hydrogens is 402 g/mol. The van der Waals surface area contributed by atoms with Crippen molar-refractivity contribution in [1.29, 1.82) is 0 Å². The molecule has 3 heterocycles. The van der Waals surface area contributed by atoms with Crippen LogP contribution in [0.15, 0.2) is 6.20 Å². The molecule has 6 N–H and O–H groups in total. The van der Waals surface area contributed by atoms with Crippen LogP contribution in [-0.2, 0) is 0 Å². The first-order valence-corrected chi connectivity index (χ1v) is 10.6. The van der Waals surface area contributed by atoms with Crippen LogP contribution in [0.5, 0.6) is 0 Å². The molecule has 11 nitrogen and oxygen atoms in total. The first kappa shape index (κ1) is 23.2. The number of piperidine rings is 1. The van der Waals surface area contributed by atoms with Gasteiger partial charge in [0, 0.05) is 13.1 Å². The summed E-state index contributed by atoms with van der Waals surface area (Å²) in [4.78, 5) is 18.3. The zero-order valence-corrected chi connectivity index (χ0v) is 18.5. The Morgan fingerprint density at radius 2 is 1.42 bits per heavy atom. The van der Waals surface area contributed by atoms with Gasteiger partial charge in [-0.3, -0.25) is 4.90 Å². The fourth-order valence-corrected chi connectivity index (χ4v) is 4.08. The van der Waals surface area contributed by atoms with Crippen LogP contribution in [0.2, 0.25) is 0 Å². The molecular formula is C20H33N7O4. The van der Waals surface area contributed by atoms with E-state index >= 15 is 0 Å². The number of nitrogen functional groups attached to an aromatic ring is 1. The molecule has 0 aliphatic carbocycles. The van der Waals surface area contributed by atoms with Gasteiger partial charge in [0.05, 0.1) is 22.8 Å². The second-order valence-electron chi connectivity index (χ2n) is 7.99. The Morgan fingerprint density at radius 3 is 1.94 bits per heavy atom. The normalized spacial score (nSPS) is 18.5. The van der Waals surface area contributed by atoms with Gasteiger partial charge in [0.2, 0.25) is 5.95 Å². The van der Waals surface area contributed by atoms with Gasteiger partial charge in [0.1, 0.15) is 30.7 Å². The molecule has 1 aliphatic heterocycles. The van der Waals surface area contributed by atoms with Crippen LogP contribution in [0.4, 0.5) is 23.3 Å². The molecule has 0 aromatic carbocycles. The monoisotopic (exact) mass is 435 g/mol. The van der Waals surface area contributed by atoms with Crippen molar-refractivity contribution in [2.75, 3.05) is 33.5 Å². The molecule has 11 heteroatoms. The lowest BCUT2D eigenvalue weighted by Gasteiger charge is -2.34. The molecule has 0 bridgehead atoms. The minimum atomic E-state index is -1.02. The van der Waals surface area contributed by atoms with Crippen molar-refractivity contribution in [2.24, 2.45) is 0 Å². The molecule has 3 rings (SSSR count). The number of anilines is 4. The Balaban J connectivity index is 2.27. The van der Waals surface area contributed by atoms with Crippen molar-refractivity contribution >= 4 is 34.2 Å². The summed E-state index contributed by atoms with van der Waals surface area (Å²) in [5.74, 6) is 0.966. The summed E-state index contributed by atoms with van der Waals surface area (Å²) in [6.45, 7) is 7.66. The molecule has 1 aliphatic rings. The first-order valence-electron chi connectivity index (χ1n) is 10.6. The van der Waals surface area contributed by atoms with E-state index in [0.717, 1.165) is 32.4 Å². The molecule has 172 valence electrons. The van der Waals surface area contributed by atoms with Crippen molar-refractivity contribution in [3.63, 3.8) is 0 Å². The highest BCUT2D eigenvalue weighted by Crippen LogP contribution is 2.37. The van der Waals surface area contributed by atoms with Gasteiger partial charge in [-0.15, -0.1) is 0 Å². The highest BCUT2D eigenvalue weighted by atomic mass is 16.3. The van der Waals surface area contributed by atoms with Crippen LogP contribution in [-0.4, -0.2) is 73.4 Å². The Labute approximate surface area is 181 Å². The van der Waals surface area contributed by atoms with Crippen molar-refractivity contribution in [3.05, 3.63) is 6.20 Å². The maximum atomic E-state index is 10.2. The van der Waals surface area contributed by atoms with Gasteiger partial charge in [-0.05, 0) is 47.0 Å². The van der Waals surface area contributed by atoms with Crippen LogP contribution in [0.25, 0.3) is 10.9 Å². The topological polar surface area (TPSA) is 155 Å². The van der Waals surface area contributed by atoms with Crippen LogP contribution in [0.3, 0.4) is 0 Å². The Hall–Kier alpha value is -2.47. The van der Waals surface area contributed by atoms with Gasteiger partial charge in [-0.1, -0.05) is 0 Å². The summed E-state index contributed by atoms with van der Waals surface area (Å²) in [5, 5.41) is 41.2. The van der Waals surface area contributed by atoms with E-state index in [4.69, 9.17) is 5.73 Å². The average Bonchev–Trinajstić information content (AvgIpc) is 2.69. The van der Waals surface area contributed by atoms with Gasteiger partial charge >= 0.3 is 0 Å². The van der Waals surface area contributed by atoms with Crippen LogP contribution in [0, 0.1) is 0 Å². The predicted octanol–water partition coefficient (Wildman–Crippen LogP) is 0.563. The van der Waals surface area contributed by atoms with E-state index in [9.17, 15) is 20.4 Å². The summed E-state index contributed by atoms with van der Waals surface area (Å²) in [6.07, 6.45) is 0.554. The molecule has 31 heavy (non-hydrogen) atoms. The van der Waals surface area contributed by atoms with Crippen molar-refractivity contribution < 1.29 is 20.4 Å². The lowest BCUT2D eigenvalue weighted by molar-refractivity contribution is 0.102. The smallest absolute Gasteiger partial charge is 0.232 e. The third-order valence-electron chi connectivity index (χ3n) is 5.47. The van der Waals surface area contributed by atoms with E-state index < -0.39 is 24.9 Å². The molecule has 4 atom stereocenters. The fourth-order valence-electron chi connectivity index (χ4n) is 4.08. The minimum absolute atomic E-state index is 0.162. The quantitative estimate of drug-likeness (QED) is 0.387. The number of nitrogens with two attached hydrogens (primary N) is 1.